The Bertz CT molecular complexity index is 783. The van der Waals surface area contributed by atoms with Crippen LogP contribution in [0.15, 0.2) is 24.3 Å². The highest BCUT2D eigenvalue weighted by atomic mass is 32.1. The van der Waals surface area contributed by atoms with Gasteiger partial charge < -0.3 is 10.2 Å². The van der Waals surface area contributed by atoms with Gasteiger partial charge in [0.25, 0.3) is 0 Å². The molecule has 0 saturated heterocycles. The summed E-state index contributed by atoms with van der Waals surface area (Å²) in [5.74, 6) is 2.41. The molecule has 1 N–H and O–H groups in total. The quantitative estimate of drug-likeness (QED) is 0.651. The van der Waals surface area contributed by atoms with Crippen LogP contribution in [0, 0.1) is 0 Å². The summed E-state index contributed by atoms with van der Waals surface area (Å²) >= 11 is 1.77. The van der Waals surface area contributed by atoms with E-state index in [0.29, 0.717) is 11.9 Å². The third-order valence-corrected chi connectivity index (χ3v) is 4.84. The Morgan fingerprint density at radius 2 is 1.88 bits per heavy atom. The van der Waals surface area contributed by atoms with Crippen molar-refractivity contribution in [1.82, 2.24) is 19.9 Å². The lowest BCUT2D eigenvalue weighted by molar-refractivity contribution is 0.750. The normalized spacial score (nSPS) is 11.2. The molecule has 0 bridgehead atoms. The molecule has 1 aromatic carbocycles. The summed E-state index contributed by atoms with van der Waals surface area (Å²) in [6.07, 6.45) is 1.94. The van der Waals surface area contributed by atoms with E-state index < -0.39 is 0 Å². The van der Waals surface area contributed by atoms with E-state index in [1.54, 1.807) is 11.3 Å². The van der Waals surface area contributed by atoms with E-state index >= 15 is 0 Å². The van der Waals surface area contributed by atoms with Gasteiger partial charge in [0.15, 0.2) is 0 Å². The van der Waals surface area contributed by atoms with Gasteiger partial charge in [-0.3, -0.25) is 0 Å². The molecule has 2 aromatic heterocycles. The number of hydrogen-bond donors (Lipinski definition) is 1. The van der Waals surface area contributed by atoms with E-state index in [1.165, 1.54) is 9.71 Å². The Kier molecular flexibility index (Phi) is 5.43. The zero-order valence-electron chi connectivity index (χ0n) is 15.2. The lowest BCUT2D eigenvalue weighted by Crippen LogP contribution is -2.17. The van der Waals surface area contributed by atoms with Crippen LogP contribution in [0.2, 0.25) is 0 Å². The molecule has 0 radical (unpaired) electrons. The summed E-state index contributed by atoms with van der Waals surface area (Å²) in [4.78, 5) is 20.1. The molecule has 0 fully saturated rings. The highest BCUT2D eigenvalue weighted by molar-refractivity contribution is 7.18. The van der Waals surface area contributed by atoms with Crippen LogP contribution >= 0.6 is 11.3 Å². The van der Waals surface area contributed by atoms with Crippen LogP contribution in [0.5, 0.6) is 0 Å². The van der Waals surface area contributed by atoms with E-state index in [1.807, 2.05) is 25.1 Å². The van der Waals surface area contributed by atoms with Crippen LogP contribution in [0.4, 0.5) is 11.9 Å². The fraction of sp³-hybridized carbons (Fsp3) is 0.444. The summed E-state index contributed by atoms with van der Waals surface area (Å²) in [5.41, 5.74) is 1.09. The second-order valence-electron chi connectivity index (χ2n) is 6.47. The van der Waals surface area contributed by atoms with Crippen LogP contribution in [0.1, 0.15) is 37.0 Å². The fourth-order valence-corrected chi connectivity index (χ4v) is 3.39. The van der Waals surface area contributed by atoms with Crippen molar-refractivity contribution in [1.29, 1.82) is 0 Å². The topological polar surface area (TPSA) is 66.8 Å². The molecule has 0 spiro atoms. The number of nitrogens with zero attached hydrogens (tertiary/aromatic N) is 5. The molecule has 25 heavy (non-hydrogen) atoms. The van der Waals surface area contributed by atoms with Gasteiger partial charge in [-0.15, -0.1) is 11.3 Å². The van der Waals surface area contributed by atoms with Crippen molar-refractivity contribution in [2.45, 2.75) is 32.6 Å². The SMILES string of the molecule is CC(C)c1nc(NCCCc2nc3ccccc3s2)nc(N(C)C)n1. The molecule has 0 aliphatic heterocycles. The van der Waals surface area contributed by atoms with Crippen molar-refractivity contribution >= 4 is 33.5 Å². The number of benzene rings is 1. The molecule has 3 rings (SSSR count). The lowest BCUT2D eigenvalue weighted by atomic mass is 10.2. The minimum Gasteiger partial charge on any atom is -0.354 e. The van der Waals surface area contributed by atoms with Gasteiger partial charge in [0, 0.05) is 33.0 Å². The van der Waals surface area contributed by atoms with Gasteiger partial charge >= 0.3 is 0 Å². The molecule has 132 valence electrons. The Morgan fingerprint density at radius 3 is 2.60 bits per heavy atom. The smallest absolute Gasteiger partial charge is 0.229 e. The molecule has 2 heterocycles. The van der Waals surface area contributed by atoms with Crippen molar-refractivity contribution in [3.63, 3.8) is 0 Å². The van der Waals surface area contributed by atoms with Crippen LogP contribution in [0.25, 0.3) is 10.2 Å². The molecule has 3 aromatic rings. The summed E-state index contributed by atoms with van der Waals surface area (Å²) in [7, 11) is 3.88. The summed E-state index contributed by atoms with van der Waals surface area (Å²) in [6.45, 7) is 4.99. The van der Waals surface area contributed by atoms with E-state index in [2.05, 4.69) is 57.3 Å². The van der Waals surface area contributed by atoms with Crippen molar-refractivity contribution in [3.8, 4) is 0 Å². The number of hydrogen-bond acceptors (Lipinski definition) is 7. The molecule has 0 amide bonds. The van der Waals surface area contributed by atoms with Gasteiger partial charge in [-0.1, -0.05) is 26.0 Å². The van der Waals surface area contributed by atoms with Crippen molar-refractivity contribution in [2.24, 2.45) is 0 Å². The van der Waals surface area contributed by atoms with Gasteiger partial charge in [0.1, 0.15) is 5.82 Å². The maximum Gasteiger partial charge on any atom is 0.229 e. The predicted octanol–water partition coefficient (Wildman–Crippen LogP) is 3.72. The zero-order chi connectivity index (χ0) is 17.8. The maximum absolute atomic E-state index is 4.67. The Balaban J connectivity index is 1.59. The van der Waals surface area contributed by atoms with Crippen LogP contribution in [-0.4, -0.2) is 40.6 Å². The van der Waals surface area contributed by atoms with Crippen LogP contribution in [-0.2, 0) is 6.42 Å². The van der Waals surface area contributed by atoms with Gasteiger partial charge in [0.05, 0.1) is 15.2 Å². The average molecular weight is 356 g/mol. The minimum atomic E-state index is 0.269. The Morgan fingerprint density at radius 1 is 1.08 bits per heavy atom. The first kappa shape index (κ1) is 17.5. The Hall–Kier alpha value is -2.28. The van der Waals surface area contributed by atoms with Crippen molar-refractivity contribution in [3.05, 3.63) is 35.1 Å². The number of aromatic nitrogens is 4. The minimum absolute atomic E-state index is 0.269. The van der Waals surface area contributed by atoms with E-state index in [4.69, 9.17) is 0 Å². The van der Waals surface area contributed by atoms with E-state index in [0.717, 1.165) is 30.7 Å². The standard InChI is InChI=1S/C18H24N6S/c1-12(2)16-21-17(23-18(22-16)24(3)4)19-11-7-10-15-20-13-8-5-6-9-14(13)25-15/h5-6,8-9,12H,7,10-11H2,1-4H3,(H,19,21,22,23). The average Bonchev–Trinajstić information content (AvgIpc) is 3.01. The van der Waals surface area contributed by atoms with Crippen LogP contribution < -0.4 is 10.2 Å². The number of rotatable bonds is 7. The van der Waals surface area contributed by atoms with Crippen molar-refractivity contribution in [2.75, 3.05) is 30.9 Å². The van der Waals surface area contributed by atoms with Gasteiger partial charge in [-0.05, 0) is 18.6 Å². The third kappa shape index (κ3) is 4.42. The maximum atomic E-state index is 4.67. The van der Waals surface area contributed by atoms with Crippen molar-refractivity contribution < 1.29 is 0 Å². The molecule has 6 nitrogen and oxygen atoms in total. The van der Waals surface area contributed by atoms with Gasteiger partial charge in [0.2, 0.25) is 11.9 Å². The number of fused-ring (bicyclic) bond motifs is 1. The molecular formula is C18H24N6S. The van der Waals surface area contributed by atoms with E-state index in [9.17, 15) is 0 Å². The second-order valence-corrected chi connectivity index (χ2v) is 7.59. The first-order valence-corrected chi connectivity index (χ1v) is 9.36. The van der Waals surface area contributed by atoms with Gasteiger partial charge in [-0.25, -0.2) is 4.98 Å². The van der Waals surface area contributed by atoms with Gasteiger partial charge in [-0.2, -0.15) is 15.0 Å². The van der Waals surface area contributed by atoms with E-state index in [-0.39, 0.29) is 5.92 Å². The first-order chi connectivity index (χ1) is 12.0. The first-order valence-electron chi connectivity index (χ1n) is 8.54. The number of anilines is 2. The summed E-state index contributed by atoms with van der Waals surface area (Å²) < 4.78 is 1.25. The molecule has 0 aliphatic rings. The summed E-state index contributed by atoms with van der Waals surface area (Å²) in [5, 5.41) is 4.50. The molecule has 0 aliphatic carbocycles. The lowest BCUT2D eigenvalue weighted by Gasteiger charge is -2.14. The number of para-hydroxylation sites is 1. The highest BCUT2D eigenvalue weighted by Crippen LogP contribution is 2.22. The molecule has 0 unspecified atom stereocenters. The van der Waals surface area contributed by atoms with Crippen LogP contribution in [0.3, 0.4) is 0 Å². The monoisotopic (exact) mass is 356 g/mol. The second kappa shape index (κ2) is 7.74. The molecule has 0 saturated carbocycles. The fourth-order valence-electron chi connectivity index (χ4n) is 2.38. The third-order valence-electron chi connectivity index (χ3n) is 3.75. The predicted molar refractivity (Wildman–Crippen MR) is 105 cm³/mol. The molecule has 0 atom stereocenters. The summed E-state index contributed by atoms with van der Waals surface area (Å²) in [6, 6.07) is 8.27. The number of aryl methyl sites for hydroxylation is 1. The molecule has 7 heteroatoms. The Labute approximate surface area is 152 Å². The highest BCUT2D eigenvalue weighted by Gasteiger charge is 2.11. The number of nitrogens with one attached hydrogen (secondary N) is 1. The largest absolute Gasteiger partial charge is 0.354 e. The molecular weight excluding hydrogens is 332 g/mol. The number of thiazole rings is 1. The zero-order valence-corrected chi connectivity index (χ0v) is 16.0.